The fourth-order valence-corrected chi connectivity index (χ4v) is 2.52. The van der Waals surface area contributed by atoms with Gasteiger partial charge in [0.15, 0.2) is 0 Å². The van der Waals surface area contributed by atoms with Crippen molar-refractivity contribution < 1.29 is 0 Å². The number of alkyl halides is 1. The molecule has 104 valence electrons. The van der Waals surface area contributed by atoms with E-state index in [1.807, 2.05) is 24.0 Å². The van der Waals surface area contributed by atoms with Crippen molar-refractivity contribution in [3.8, 4) is 0 Å². The van der Waals surface area contributed by atoms with Crippen LogP contribution in [0, 0.1) is 6.92 Å². The Morgan fingerprint density at radius 3 is 2.85 bits per heavy atom. The maximum absolute atomic E-state index is 5.89. The van der Waals surface area contributed by atoms with Crippen molar-refractivity contribution in [3.05, 3.63) is 41.7 Å². The number of aryl methyl sites for hydroxylation is 2. The molecule has 0 aromatic carbocycles. The van der Waals surface area contributed by atoms with Gasteiger partial charge in [0.2, 0.25) is 0 Å². The number of rotatable bonds is 4. The highest BCUT2D eigenvalue weighted by atomic mass is 35.5. The fraction of sp³-hybridized carbons (Fsp3) is 0.357. The zero-order valence-corrected chi connectivity index (χ0v) is 12.3. The molecule has 0 saturated carbocycles. The second kappa shape index (κ2) is 5.25. The standard InChI is InChI=1S/C14H16ClN5/c1-10-11(7-17-19(10)2)9-20-13-4-6-16-8-12(13)18-14(20)3-5-15/h4,6-8H,3,5,9H2,1-2H3. The van der Waals surface area contributed by atoms with Crippen molar-refractivity contribution in [2.75, 3.05) is 5.88 Å². The molecule has 3 heterocycles. The molecule has 0 amide bonds. The second-order valence-corrected chi connectivity index (χ2v) is 5.17. The van der Waals surface area contributed by atoms with E-state index in [4.69, 9.17) is 11.6 Å². The van der Waals surface area contributed by atoms with E-state index in [0.717, 1.165) is 35.5 Å². The van der Waals surface area contributed by atoms with Gasteiger partial charge in [-0.3, -0.25) is 9.67 Å². The van der Waals surface area contributed by atoms with Gasteiger partial charge >= 0.3 is 0 Å². The molecule has 0 atom stereocenters. The number of hydrogen-bond donors (Lipinski definition) is 0. The van der Waals surface area contributed by atoms with Gasteiger partial charge in [-0.1, -0.05) is 0 Å². The minimum Gasteiger partial charge on any atom is -0.323 e. The average molecular weight is 290 g/mol. The number of aromatic nitrogens is 5. The van der Waals surface area contributed by atoms with Gasteiger partial charge in [-0.05, 0) is 13.0 Å². The number of nitrogens with zero attached hydrogens (tertiary/aromatic N) is 5. The van der Waals surface area contributed by atoms with Crippen molar-refractivity contribution in [2.45, 2.75) is 19.9 Å². The summed E-state index contributed by atoms with van der Waals surface area (Å²) < 4.78 is 4.08. The Morgan fingerprint density at radius 1 is 1.30 bits per heavy atom. The first-order valence-corrected chi connectivity index (χ1v) is 7.06. The Morgan fingerprint density at radius 2 is 2.15 bits per heavy atom. The molecule has 0 radical (unpaired) electrons. The topological polar surface area (TPSA) is 48.5 Å². The van der Waals surface area contributed by atoms with E-state index >= 15 is 0 Å². The maximum Gasteiger partial charge on any atom is 0.111 e. The number of fused-ring (bicyclic) bond motifs is 1. The third-order valence-electron chi connectivity index (χ3n) is 3.61. The summed E-state index contributed by atoms with van der Waals surface area (Å²) in [6, 6.07) is 1.99. The molecular weight excluding hydrogens is 274 g/mol. The van der Waals surface area contributed by atoms with Gasteiger partial charge in [0, 0.05) is 36.8 Å². The van der Waals surface area contributed by atoms with Crippen LogP contribution in [0.5, 0.6) is 0 Å². The second-order valence-electron chi connectivity index (χ2n) is 4.80. The van der Waals surface area contributed by atoms with Crippen LogP contribution in [0.15, 0.2) is 24.7 Å². The van der Waals surface area contributed by atoms with Crippen molar-refractivity contribution in [1.29, 1.82) is 0 Å². The lowest BCUT2D eigenvalue weighted by Crippen LogP contribution is -2.07. The van der Waals surface area contributed by atoms with Crippen LogP contribution in [-0.2, 0) is 20.0 Å². The first kappa shape index (κ1) is 13.1. The summed E-state index contributed by atoms with van der Waals surface area (Å²) in [4.78, 5) is 8.75. The molecule has 3 aromatic rings. The highest BCUT2D eigenvalue weighted by Crippen LogP contribution is 2.19. The first-order chi connectivity index (χ1) is 9.70. The van der Waals surface area contributed by atoms with E-state index in [-0.39, 0.29) is 0 Å². The number of pyridine rings is 1. The first-order valence-electron chi connectivity index (χ1n) is 6.53. The summed E-state index contributed by atoms with van der Waals surface area (Å²) in [5, 5.41) is 4.30. The molecular formula is C14H16ClN5. The van der Waals surface area contributed by atoms with Gasteiger partial charge in [0.25, 0.3) is 0 Å². The van der Waals surface area contributed by atoms with Crippen molar-refractivity contribution >= 4 is 22.6 Å². The largest absolute Gasteiger partial charge is 0.323 e. The molecule has 0 N–H and O–H groups in total. The molecule has 0 fully saturated rings. The van der Waals surface area contributed by atoms with Crippen LogP contribution in [0.25, 0.3) is 11.0 Å². The summed E-state index contributed by atoms with van der Waals surface area (Å²) in [6.45, 7) is 2.83. The third kappa shape index (κ3) is 2.18. The Labute approximate surface area is 122 Å². The Hall–Kier alpha value is -1.88. The van der Waals surface area contributed by atoms with Crippen LogP contribution in [0.4, 0.5) is 0 Å². The molecule has 0 unspecified atom stereocenters. The van der Waals surface area contributed by atoms with Crippen LogP contribution in [0.3, 0.4) is 0 Å². The Kier molecular flexibility index (Phi) is 3.44. The zero-order valence-electron chi connectivity index (χ0n) is 11.5. The summed E-state index contributed by atoms with van der Waals surface area (Å²) >= 11 is 5.89. The molecule has 0 aliphatic rings. The summed E-state index contributed by atoms with van der Waals surface area (Å²) in [5.41, 5.74) is 4.36. The quantitative estimate of drug-likeness (QED) is 0.693. The van der Waals surface area contributed by atoms with E-state index in [9.17, 15) is 0 Å². The van der Waals surface area contributed by atoms with E-state index in [1.54, 1.807) is 12.4 Å². The number of imidazole rings is 1. The summed E-state index contributed by atoms with van der Waals surface area (Å²) in [6.07, 6.45) is 6.24. The average Bonchev–Trinajstić information content (AvgIpc) is 2.95. The minimum absolute atomic E-state index is 0.558. The molecule has 0 spiro atoms. The SMILES string of the molecule is Cc1c(Cn2c(CCCl)nc3cnccc32)cnn1C. The Balaban J connectivity index is 2.09. The molecule has 0 saturated heterocycles. The van der Waals surface area contributed by atoms with Gasteiger partial charge in [-0.2, -0.15) is 5.10 Å². The molecule has 5 nitrogen and oxygen atoms in total. The van der Waals surface area contributed by atoms with Gasteiger partial charge in [0.05, 0.1) is 24.5 Å². The fourth-order valence-electron chi connectivity index (χ4n) is 2.35. The van der Waals surface area contributed by atoms with Gasteiger partial charge < -0.3 is 4.57 Å². The smallest absolute Gasteiger partial charge is 0.111 e. The molecule has 3 aromatic heterocycles. The van der Waals surface area contributed by atoms with Crippen molar-refractivity contribution in [3.63, 3.8) is 0 Å². The maximum atomic E-state index is 5.89. The zero-order chi connectivity index (χ0) is 14.1. The molecule has 20 heavy (non-hydrogen) atoms. The van der Waals surface area contributed by atoms with Crippen LogP contribution in [-0.4, -0.2) is 30.2 Å². The van der Waals surface area contributed by atoms with Crippen LogP contribution in [0.2, 0.25) is 0 Å². The lowest BCUT2D eigenvalue weighted by atomic mass is 10.2. The third-order valence-corrected chi connectivity index (χ3v) is 3.80. The van der Waals surface area contributed by atoms with Gasteiger partial charge in [-0.25, -0.2) is 4.98 Å². The molecule has 3 rings (SSSR count). The number of halogens is 1. The van der Waals surface area contributed by atoms with Crippen LogP contribution < -0.4 is 0 Å². The Bertz CT molecular complexity index is 743. The predicted octanol–water partition coefficient (Wildman–Crippen LogP) is 2.30. The normalized spacial score (nSPS) is 11.3. The summed E-state index contributed by atoms with van der Waals surface area (Å²) in [5.74, 6) is 1.55. The highest BCUT2D eigenvalue weighted by Gasteiger charge is 2.13. The molecule has 0 aliphatic carbocycles. The lowest BCUT2D eigenvalue weighted by molar-refractivity contribution is 0.724. The van der Waals surface area contributed by atoms with Gasteiger partial charge in [0.1, 0.15) is 11.3 Å². The predicted molar refractivity (Wildman–Crippen MR) is 79.0 cm³/mol. The minimum atomic E-state index is 0.558. The summed E-state index contributed by atoms with van der Waals surface area (Å²) in [7, 11) is 1.95. The van der Waals surface area contributed by atoms with Crippen molar-refractivity contribution in [1.82, 2.24) is 24.3 Å². The van der Waals surface area contributed by atoms with Gasteiger partial charge in [-0.15, -0.1) is 11.6 Å². The van der Waals surface area contributed by atoms with Crippen LogP contribution >= 0.6 is 11.6 Å². The van der Waals surface area contributed by atoms with E-state index in [2.05, 4.69) is 26.6 Å². The van der Waals surface area contributed by atoms with E-state index in [0.29, 0.717) is 5.88 Å². The van der Waals surface area contributed by atoms with E-state index < -0.39 is 0 Å². The monoisotopic (exact) mass is 289 g/mol. The number of hydrogen-bond acceptors (Lipinski definition) is 3. The van der Waals surface area contributed by atoms with Crippen LogP contribution in [0.1, 0.15) is 17.1 Å². The molecule has 0 aliphatic heterocycles. The molecule has 0 bridgehead atoms. The molecule has 6 heteroatoms. The lowest BCUT2D eigenvalue weighted by Gasteiger charge is -2.08. The van der Waals surface area contributed by atoms with E-state index in [1.165, 1.54) is 5.56 Å². The highest BCUT2D eigenvalue weighted by molar-refractivity contribution is 6.17. The van der Waals surface area contributed by atoms with Crippen molar-refractivity contribution in [2.24, 2.45) is 7.05 Å².